The van der Waals surface area contributed by atoms with Crippen molar-refractivity contribution in [2.24, 2.45) is 0 Å². The highest BCUT2D eigenvalue weighted by Crippen LogP contribution is 2.51. The molecular weight excluding hydrogens is 411 g/mol. The Kier molecular flexibility index (Phi) is 7.57. The molecule has 0 rings (SSSR count). The second kappa shape index (κ2) is 7.90. The third-order valence-corrected chi connectivity index (χ3v) is 5.89. The van der Waals surface area contributed by atoms with Crippen LogP contribution in [0, 0.1) is 0 Å². The molecule has 0 aliphatic carbocycles. The van der Waals surface area contributed by atoms with Crippen LogP contribution in [0.15, 0.2) is 0 Å². The number of hydrogen-bond donors (Lipinski definition) is 0. The lowest BCUT2D eigenvalue weighted by atomic mass is 10.1. The molecule has 15 heteroatoms. The molecule has 0 amide bonds. The molecule has 0 saturated carbocycles. The van der Waals surface area contributed by atoms with Gasteiger partial charge < -0.3 is 18.0 Å². The molecule has 0 aliphatic heterocycles. The second-order valence-corrected chi connectivity index (χ2v) is 7.69. The number of hydrogen-bond acceptors (Lipinski definition) is 5. The molecule has 0 aromatic rings. The molecule has 5 nitrogen and oxygen atoms in total. The van der Waals surface area contributed by atoms with Crippen LogP contribution in [-0.4, -0.2) is 65.8 Å². The normalized spacial score (nSPS) is 15.7. The minimum Gasteiger partial charge on any atom is -0.391 e. The minimum absolute atomic E-state index is 0.385. The molecule has 0 spiro atoms. The first kappa shape index (κ1) is 24.9. The predicted octanol–water partition coefficient (Wildman–Crippen LogP) is 3.19. The van der Waals surface area contributed by atoms with Gasteiger partial charge in [-0.3, -0.25) is 0 Å². The van der Waals surface area contributed by atoms with E-state index in [1.165, 1.54) is 0 Å². The van der Waals surface area contributed by atoms with Gasteiger partial charge in [-0.05, 0) is 6.42 Å². The topological polar surface area (TPSA) is 54.0 Å². The van der Waals surface area contributed by atoms with E-state index in [2.05, 4.69) is 18.0 Å². The number of rotatable bonds is 10. The van der Waals surface area contributed by atoms with Gasteiger partial charge in [-0.15, -0.1) is 0 Å². The van der Waals surface area contributed by atoms with Gasteiger partial charge >= 0.3 is 38.3 Å². The monoisotopic (exact) mass is 426 g/mol. The van der Waals surface area contributed by atoms with Crippen LogP contribution in [-0.2, 0) is 22.8 Å². The molecule has 0 heterocycles. The van der Waals surface area contributed by atoms with Crippen molar-refractivity contribution >= 4 is 14.8 Å². The Morgan fingerprint density at radius 2 is 1.31 bits per heavy atom. The quantitative estimate of drug-likeness (QED) is 0.305. The Morgan fingerprint density at radius 1 is 0.923 bits per heavy atom. The van der Waals surface area contributed by atoms with Gasteiger partial charge in [-0.25, -0.2) is 9.18 Å². The van der Waals surface area contributed by atoms with Crippen LogP contribution in [0.25, 0.3) is 0 Å². The summed E-state index contributed by atoms with van der Waals surface area (Å²) in [5, 5.41) is 0. The molecule has 1 unspecified atom stereocenters. The molecule has 0 N–H and O–H groups in total. The van der Waals surface area contributed by atoms with Gasteiger partial charge in [0.15, 0.2) is 6.17 Å². The lowest BCUT2D eigenvalue weighted by molar-refractivity contribution is -0.380. The molecule has 0 aromatic carbocycles. The van der Waals surface area contributed by atoms with Crippen LogP contribution in [0.4, 0.5) is 39.5 Å². The van der Waals surface area contributed by atoms with Crippen molar-refractivity contribution in [2.45, 2.75) is 43.0 Å². The lowest BCUT2D eigenvalue weighted by Gasteiger charge is -2.38. The maximum Gasteiger partial charge on any atom is 0.581 e. The Hall–Kier alpha value is -1.06. The second-order valence-electron chi connectivity index (χ2n) is 4.72. The standard InChI is InChI=1S/C11H15F9O5Si/c1-5-6(12)8(13,14)7(21)25-10(17,18)9(15,16)11(19,20)26(22-2,23-3)24-4/h6H,5H2,1-4H3. The summed E-state index contributed by atoms with van der Waals surface area (Å²) < 4.78 is 136. The summed E-state index contributed by atoms with van der Waals surface area (Å²) in [5.41, 5.74) is -5.93. The zero-order valence-corrected chi connectivity index (χ0v) is 14.7. The number of ether oxygens (including phenoxy) is 1. The molecule has 1 atom stereocenters. The molecule has 0 aromatic heterocycles. The third kappa shape index (κ3) is 3.79. The van der Waals surface area contributed by atoms with Crippen molar-refractivity contribution < 1.29 is 62.3 Å². The van der Waals surface area contributed by atoms with E-state index in [0.717, 1.165) is 6.92 Å². The molecular formula is C11H15F9O5Si. The zero-order valence-electron chi connectivity index (χ0n) is 13.7. The minimum atomic E-state index is -6.61. The highest BCUT2D eigenvalue weighted by atomic mass is 28.4. The van der Waals surface area contributed by atoms with E-state index in [0.29, 0.717) is 21.3 Å². The lowest BCUT2D eigenvalue weighted by Crippen LogP contribution is -2.71. The summed E-state index contributed by atoms with van der Waals surface area (Å²) in [6, 6.07) is 0. The van der Waals surface area contributed by atoms with Crippen molar-refractivity contribution in [3.05, 3.63) is 0 Å². The summed E-state index contributed by atoms with van der Waals surface area (Å²) in [6.07, 6.45) is -10.9. The molecule has 0 radical (unpaired) electrons. The number of carbonyl (C=O) groups excluding carboxylic acids is 1. The van der Waals surface area contributed by atoms with Gasteiger partial charge in [0.2, 0.25) is 0 Å². The molecule has 0 bridgehead atoms. The summed E-state index contributed by atoms with van der Waals surface area (Å²) in [4.78, 5) is 11.0. The number of alkyl halides is 9. The number of halogens is 9. The van der Waals surface area contributed by atoms with E-state index < -0.39 is 50.9 Å². The molecule has 0 fully saturated rings. The Morgan fingerprint density at radius 3 is 1.62 bits per heavy atom. The Bertz CT molecular complexity index is 490. The highest BCUT2D eigenvalue weighted by Gasteiger charge is 2.86. The van der Waals surface area contributed by atoms with E-state index in [9.17, 15) is 44.3 Å². The van der Waals surface area contributed by atoms with Crippen LogP contribution in [0.5, 0.6) is 0 Å². The van der Waals surface area contributed by atoms with Crippen molar-refractivity contribution in [2.75, 3.05) is 21.3 Å². The van der Waals surface area contributed by atoms with Crippen LogP contribution in [0.2, 0.25) is 0 Å². The van der Waals surface area contributed by atoms with Crippen LogP contribution in [0.1, 0.15) is 13.3 Å². The summed E-state index contributed by atoms with van der Waals surface area (Å²) in [6.45, 7) is 0.780. The zero-order chi connectivity index (χ0) is 21.2. The van der Waals surface area contributed by atoms with Gasteiger partial charge in [0.05, 0.1) is 0 Å². The molecule has 26 heavy (non-hydrogen) atoms. The summed E-state index contributed by atoms with van der Waals surface area (Å²) in [5.74, 6) is -15.3. The van der Waals surface area contributed by atoms with Crippen molar-refractivity contribution in [1.29, 1.82) is 0 Å². The van der Waals surface area contributed by atoms with Crippen molar-refractivity contribution in [3.63, 3.8) is 0 Å². The van der Waals surface area contributed by atoms with Gasteiger partial charge in [0, 0.05) is 21.3 Å². The summed E-state index contributed by atoms with van der Waals surface area (Å²) >= 11 is 0. The van der Waals surface area contributed by atoms with Gasteiger partial charge in [-0.2, -0.15) is 35.1 Å². The molecule has 156 valence electrons. The fourth-order valence-corrected chi connectivity index (χ4v) is 3.44. The van der Waals surface area contributed by atoms with Crippen molar-refractivity contribution in [1.82, 2.24) is 0 Å². The van der Waals surface area contributed by atoms with Gasteiger partial charge in [0.1, 0.15) is 0 Å². The van der Waals surface area contributed by atoms with Crippen LogP contribution >= 0.6 is 0 Å². The largest absolute Gasteiger partial charge is 0.581 e. The number of esters is 1. The van der Waals surface area contributed by atoms with E-state index in [1.54, 1.807) is 0 Å². The van der Waals surface area contributed by atoms with E-state index in [4.69, 9.17) is 0 Å². The summed E-state index contributed by atoms with van der Waals surface area (Å²) in [7, 11) is -4.68. The fourth-order valence-electron chi connectivity index (χ4n) is 1.64. The first-order valence-corrected chi connectivity index (χ1v) is 8.31. The maximum atomic E-state index is 14.0. The van der Waals surface area contributed by atoms with E-state index >= 15 is 0 Å². The van der Waals surface area contributed by atoms with Crippen LogP contribution in [0.3, 0.4) is 0 Å². The van der Waals surface area contributed by atoms with Crippen LogP contribution < -0.4 is 0 Å². The number of carbonyl (C=O) groups is 1. The average molecular weight is 426 g/mol. The fraction of sp³-hybridized carbons (Fsp3) is 0.909. The highest BCUT2D eigenvalue weighted by molar-refractivity contribution is 6.63. The SMILES string of the molecule is CCC(F)C(F)(F)C(=O)OC(F)(F)C(F)(F)C(F)(F)[Si](OC)(OC)OC. The van der Waals surface area contributed by atoms with E-state index in [-0.39, 0.29) is 0 Å². The maximum absolute atomic E-state index is 14.0. The Labute approximate surface area is 142 Å². The predicted molar refractivity (Wildman–Crippen MR) is 67.8 cm³/mol. The van der Waals surface area contributed by atoms with Crippen molar-refractivity contribution in [3.8, 4) is 0 Å². The average Bonchev–Trinajstić information content (AvgIpc) is 2.54. The third-order valence-electron chi connectivity index (χ3n) is 3.20. The molecule has 0 aliphatic rings. The van der Waals surface area contributed by atoms with Gasteiger partial charge in [0.25, 0.3) is 0 Å². The van der Waals surface area contributed by atoms with Gasteiger partial charge in [-0.1, -0.05) is 6.92 Å². The Balaban J connectivity index is 5.92. The van der Waals surface area contributed by atoms with E-state index in [1.807, 2.05) is 0 Å². The first-order chi connectivity index (χ1) is 11.5. The first-order valence-electron chi connectivity index (χ1n) is 6.58. The molecule has 0 saturated heterocycles. The smallest absolute Gasteiger partial charge is 0.391 e.